The number of aliphatic hydroxyl groups is 1. The number of hydrogen-bond acceptors (Lipinski definition) is 6. The Bertz CT molecular complexity index is 439. The lowest BCUT2D eigenvalue weighted by atomic mass is 9.94. The van der Waals surface area contributed by atoms with Gasteiger partial charge in [-0.05, 0) is 0 Å². The second-order valence-electron chi connectivity index (χ2n) is 4.36. The summed E-state index contributed by atoms with van der Waals surface area (Å²) in [6.07, 6.45) is 2.13. The molecule has 1 fully saturated rings. The first kappa shape index (κ1) is 13.5. The first-order valence-corrected chi connectivity index (χ1v) is 5.89. The predicted octanol–water partition coefficient (Wildman–Crippen LogP) is -0.729. The van der Waals surface area contributed by atoms with Crippen molar-refractivity contribution >= 4 is 17.6 Å². The van der Waals surface area contributed by atoms with Crippen LogP contribution in [0.1, 0.15) is 12.8 Å². The van der Waals surface area contributed by atoms with Gasteiger partial charge in [0.15, 0.2) is 5.82 Å². The number of hydrogen-bond donors (Lipinski definition) is 3. The molecule has 1 aliphatic rings. The smallest absolute Gasteiger partial charge is 0.314 e. The van der Waals surface area contributed by atoms with E-state index in [2.05, 4.69) is 20.3 Å². The Hall–Kier alpha value is -1.93. The first-order chi connectivity index (χ1) is 9.09. The minimum Gasteiger partial charge on any atom is -0.388 e. The quantitative estimate of drug-likeness (QED) is 0.623. The van der Waals surface area contributed by atoms with Gasteiger partial charge in [0.25, 0.3) is 0 Å². The largest absolute Gasteiger partial charge is 0.388 e. The highest BCUT2D eigenvalue weighted by atomic mass is 16.5. The Morgan fingerprint density at radius 2 is 2.11 bits per heavy atom. The summed E-state index contributed by atoms with van der Waals surface area (Å²) in [5, 5.41) is 18.2. The Morgan fingerprint density at radius 1 is 1.37 bits per heavy atom. The van der Waals surface area contributed by atoms with Crippen LogP contribution < -0.4 is 10.6 Å². The van der Waals surface area contributed by atoms with Crippen molar-refractivity contribution in [2.75, 3.05) is 25.1 Å². The van der Waals surface area contributed by atoms with Gasteiger partial charge in [0.1, 0.15) is 6.26 Å². The summed E-state index contributed by atoms with van der Waals surface area (Å²) in [7, 11) is 0. The van der Waals surface area contributed by atoms with E-state index in [1.165, 1.54) is 12.3 Å². The van der Waals surface area contributed by atoms with Crippen LogP contribution >= 0.6 is 0 Å². The fourth-order valence-corrected chi connectivity index (χ4v) is 1.70. The molecular formula is C11H15N3O5. The van der Waals surface area contributed by atoms with E-state index < -0.39 is 17.4 Å². The standard InChI is InChI=1S/C11H15N3O5/c15-9(10(16)13-8-1-4-19-14-8)12-7-11(17)2-5-18-6-3-11/h1,4,17H,2-3,5-7H2,(H,12,15)(H,13,14,16). The number of rotatable bonds is 3. The fourth-order valence-electron chi connectivity index (χ4n) is 1.70. The summed E-state index contributed by atoms with van der Waals surface area (Å²) in [5.74, 6) is -1.53. The number of anilines is 1. The third-order valence-corrected chi connectivity index (χ3v) is 2.89. The summed E-state index contributed by atoms with van der Waals surface area (Å²) in [5.41, 5.74) is -1.01. The summed E-state index contributed by atoms with van der Waals surface area (Å²) in [4.78, 5) is 23.0. The van der Waals surface area contributed by atoms with Crippen molar-refractivity contribution in [3.63, 3.8) is 0 Å². The third kappa shape index (κ3) is 3.76. The van der Waals surface area contributed by atoms with Crippen LogP contribution in [0.15, 0.2) is 16.9 Å². The number of amides is 2. The summed E-state index contributed by atoms with van der Waals surface area (Å²) in [6, 6.07) is 1.41. The molecule has 0 saturated carbocycles. The summed E-state index contributed by atoms with van der Waals surface area (Å²) < 4.78 is 9.63. The predicted molar refractivity (Wildman–Crippen MR) is 63.1 cm³/mol. The molecule has 19 heavy (non-hydrogen) atoms. The van der Waals surface area contributed by atoms with Crippen molar-refractivity contribution in [1.82, 2.24) is 10.5 Å². The van der Waals surface area contributed by atoms with Crippen molar-refractivity contribution in [2.24, 2.45) is 0 Å². The monoisotopic (exact) mass is 269 g/mol. The van der Waals surface area contributed by atoms with Gasteiger partial charge in [0.05, 0.1) is 5.60 Å². The van der Waals surface area contributed by atoms with E-state index in [1.807, 2.05) is 0 Å². The van der Waals surface area contributed by atoms with Crippen LogP contribution in [0.4, 0.5) is 5.82 Å². The molecule has 2 amide bonds. The maximum atomic E-state index is 11.5. The lowest BCUT2D eigenvalue weighted by molar-refractivity contribution is -0.137. The molecule has 104 valence electrons. The zero-order valence-corrected chi connectivity index (χ0v) is 10.2. The van der Waals surface area contributed by atoms with Gasteiger partial charge in [-0.1, -0.05) is 5.16 Å². The van der Waals surface area contributed by atoms with Gasteiger partial charge in [0, 0.05) is 38.7 Å². The number of nitrogens with zero attached hydrogens (tertiary/aromatic N) is 1. The first-order valence-electron chi connectivity index (χ1n) is 5.89. The van der Waals surface area contributed by atoms with Gasteiger partial charge in [-0.2, -0.15) is 0 Å². The number of carbonyl (C=O) groups excluding carboxylic acids is 2. The van der Waals surface area contributed by atoms with Crippen LogP contribution in [-0.2, 0) is 14.3 Å². The molecule has 0 radical (unpaired) electrons. The van der Waals surface area contributed by atoms with Crippen molar-refractivity contribution in [1.29, 1.82) is 0 Å². The van der Waals surface area contributed by atoms with Crippen molar-refractivity contribution in [3.8, 4) is 0 Å². The Kier molecular flexibility index (Phi) is 4.13. The van der Waals surface area contributed by atoms with Crippen molar-refractivity contribution < 1.29 is 24.0 Å². The molecule has 1 aliphatic heterocycles. The fraction of sp³-hybridized carbons (Fsp3) is 0.545. The van der Waals surface area contributed by atoms with Crippen LogP contribution in [0.5, 0.6) is 0 Å². The van der Waals surface area contributed by atoms with Gasteiger partial charge in [-0.3, -0.25) is 14.9 Å². The highest BCUT2D eigenvalue weighted by Crippen LogP contribution is 2.19. The molecule has 1 aromatic rings. The number of nitrogens with one attached hydrogen (secondary N) is 2. The highest BCUT2D eigenvalue weighted by Gasteiger charge is 2.31. The second-order valence-corrected chi connectivity index (χ2v) is 4.36. The maximum absolute atomic E-state index is 11.5. The summed E-state index contributed by atoms with van der Waals surface area (Å²) >= 11 is 0. The van der Waals surface area contributed by atoms with Crippen LogP contribution in [0.25, 0.3) is 0 Å². The zero-order valence-electron chi connectivity index (χ0n) is 10.2. The molecule has 0 unspecified atom stereocenters. The minimum absolute atomic E-state index is 0.0153. The molecule has 8 nitrogen and oxygen atoms in total. The molecule has 3 N–H and O–H groups in total. The van der Waals surface area contributed by atoms with E-state index in [0.29, 0.717) is 26.1 Å². The third-order valence-electron chi connectivity index (χ3n) is 2.89. The molecule has 0 aromatic carbocycles. The molecule has 0 bridgehead atoms. The van der Waals surface area contributed by atoms with Crippen LogP contribution in [-0.4, -0.2) is 47.4 Å². The van der Waals surface area contributed by atoms with Gasteiger partial charge in [-0.25, -0.2) is 0 Å². The van der Waals surface area contributed by atoms with Gasteiger partial charge >= 0.3 is 11.8 Å². The lowest BCUT2D eigenvalue weighted by Gasteiger charge is -2.31. The molecule has 0 atom stereocenters. The van der Waals surface area contributed by atoms with Gasteiger partial charge in [0.2, 0.25) is 0 Å². The van der Waals surface area contributed by atoms with E-state index in [0.717, 1.165) is 0 Å². The molecular weight excluding hydrogens is 254 g/mol. The van der Waals surface area contributed by atoms with E-state index >= 15 is 0 Å². The van der Waals surface area contributed by atoms with E-state index in [4.69, 9.17) is 4.74 Å². The van der Waals surface area contributed by atoms with Crippen LogP contribution in [0.3, 0.4) is 0 Å². The number of ether oxygens (including phenoxy) is 1. The van der Waals surface area contributed by atoms with Crippen LogP contribution in [0.2, 0.25) is 0 Å². The van der Waals surface area contributed by atoms with Gasteiger partial charge in [-0.15, -0.1) is 0 Å². The molecule has 2 rings (SSSR count). The topological polar surface area (TPSA) is 114 Å². The number of aromatic nitrogens is 1. The molecule has 1 aromatic heterocycles. The molecule has 2 heterocycles. The van der Waals surface area contributed by atoms with Crippen LogP contribution in [0, 0.1) is 0 Å². The second kappa shape index (κ2) is 5.81. The average molecular weight is 269 g/mol. The molecule has 1 saturated heterocycles. The SMILES string of the molecule is O=C(NCC1(O)CCOCC1)C(=O)Nc1ccon1. The Morgan fingerprint density at radius 3 is 2.74 bits per heavy atom. The van der Waals surface area contributed by atoms with E-state index in [1.54, 1.807) is 0 Å². The normalized spacial score (nSPS) is 17.7. The zero-order chi connectivity index (χ0) is 13.7. The maximum Gasteiger partial charge on any atom is 0.314 e. The Labute approximate surface area is 109 Å². The lowest BCUT2D eigenvalue weighted by Crippen LogP contribution is -2.48. The van der Waals surface area contributed by atoms with Crippen molar-refractivity contribution in [3.05, 3.63) is 12.3 Å². The average Bonchev–Trinajstić information content (AvgIpc) is 2.90. The van der Waals surface area contributed by atoms with E-state index in [-0.39, 0.29) is 12.4 Å². The molecule has 0 spiro atoms. The van der Waals surface area contributed by atoms with Crippen molar-refractivity contribution in [2.45, 2.75) is 18.4 Å². The van der Waals surface area contributed by atoms with E-state index in [9.17, 15) is 14.7 Å². The highest BCUT2D eigenvalue weighted by molar-refractivity contribution is 6.39. The van der Waals surface area contributed by atoms with Gasteiger partial charge < -0.3 is 19.7 Å². The molecule has 8 heteroatoms. The minimum atomic E-state index is -1.01. The summed E-state index contributed by atoms with van der Waals surface area (Å²) in [6.45, 7) is 0.899. The molecule has 0 aliphatic carbocycles. The Balaban J connectivity index is 1.78. The number of carbonyl (C=O) groups is 2.